The van der Waals surface area contributed by atoms with Crippen molar-refractivity contribution in [1.29, 1.82) is 0 Å². The predicted molar refractivity (Wildman–Crippen MR) is 129 cm³/mol. The van der Waals surface area contributed by atoms with Gasteiger partial charge >= 0.3 is 11.9 Å². The Labute approximate surface area is 212 Å². The number of hydrogen-bond donors (Lipinski definition) is 0. The molecule has 4 rings (SSSR count). The molecule has 0 amide bonds. The summed E-state index contributed by atoms with van der Waals surface area (Å²) < 4.78 is 16.9. The SMILES string of the molecule is COCC(=O)[C@H]1CC[C@H]2[C@@H]3CC[C@H]4C[C@H](OC(=O)CCl)CC[C@]4(C)[C@H]3[C@@H](OC(=O)CCl)C[C@]12C. The average Bonchev–Trinajstić information content (AvgIpc) is 3.15. The van der Waals surface area contributed by atoms with Crippen LogP contribution in [0.5, 0.6) is 0 Å². The number of carbonyl (C=O) groups excluding carboxylic acids is 3. The van der Waals surface area contributed by atoms with Gasteiger partial charge in [-0.1, -0.05) is 13.8 Å². The number of hydrogen-bond acceptors (Lipinski definition) is 6. The third-order valence-corrected chi connectivity index (χ3v) is 10.4. The summed E-state index contributed by atoms with van der Waals surface area (Å²) in [7, 11) is 1.57. The molecule has 0 aromatic heterocycles. The lowest BCUT2D eigenvalue weighted by molar-refractivity contribution is -0.200. The molecule has 4 aliphatic rings. The number of ketones is 1. The lowest BCUT2D eigenvalue weighted by atomic mass is 9.43. The minimum atomic E-state index is -0.388. The van der Waals surface area contributed by atoms with Crippen LogP contribution < -0.4 is 0 Å². The zero-order valence-corrected chi connectivity index (χ0v) is 22.0. The van der Waals surface area contributed by atoms with E-state index in [0.717, 1.165) is 44.9 Å². The molecule has 0 heterocycles. The number of esters is 2. The first-order valence-corrected chi connectivity index (χ1v) is 13.8. The molecule has 0 aromatic rings. The summed E-state index contributed by atoms with van der Waals surface area (Å²) in [6, 6.07) is 0. The van der Waals surface area contributed by atoms with E-state index in [1.807, 2.05) is 0 Å². The zero-order valence-electron chi connectivity index (χ0n) is 20.5. The smallest absolute Gasteiger partial charge is 0.321 e. The molecule has 8 heteroatoms. The van der Waals surface area contributed by atoms with E-state index in [0.29, 0.717) is 24.2 Å². The van der Waals surface area contributed by atoms with Gasteiger partial charge in [0, 0.05) is 18.9 Å². The summed E-state index contributed by atoms with van der Waals surface area (Å²) in [5.41, 5.74) is -0.218. The van der Waals surface area contributed by atoms with Crippen LogP contribution in [0.4, 0.5) is 0 Å². The quantitative estimate of drug-likeness (QED) is 0.358. The molecule has 0 bridgehead atoms. The van der Waals surface area contributed by atoms with E-state index in [2.05, 4.69) is 13.8 Å². The Balaban J connectivity index is 1.63. The van der Waals surface area contributed by atoms with Crippen molar-refractivity contribution in [1.82, 2.24) is 0 Å². The summed E-state index contributed by atoms with van der Waals surface area (Å²) in [5.74, 6) is 0.502. The van der Waals surface area contributed by atoms with E-state index in [9.17, 15) is 14.4 Å². The van der Waals surface area contributed by atoms with Crippen molar-refractivity contribution in [3.05, 3.63) is 0 Å². The predicted octanol–water partition coefficient (Wildman–Crippen LogP) is 4.77. The van der Waals surface area contributed by atoms with E-state index >= 15 is 0 Å². The molecule has 0 unspecified atom stereocenters. The van der Waals surface area contributed by atoms with Gasteiger partial charge in [0.15, 0.2) is 5.78 Å². The fraction of sp³-hybridized carbons (Fsp3) is 0.885. The highest BCUT2D eigenvalue weighted by Crippen LogP contribution is 2.68. The van der Waals surface area contributed by atoms with Crippen LogP contribution in [0.25, 0.3) is 0 Å². The molecule has 9 atom stereocenters. The van der Waals surface area contributed by atoms with Crippen LogP contribution in [-0.4, -0.2) is 55.4 Å². The van der Waals surface area contributed by atoms with Crippen molar-refractivity contribution in [2.24, 2.45) is 40.4 Å². The fourth-order valence-electron chi connectivity index (χ4n) is 8.71. The fourth-order valence-corrected chi connectivity index (χ4v) is 8.84. The summed E-state index contributed by atoms with van der Waals surface area (Å²) in [6.07, 6.45) is 6.89. The van der Waals surface area contributed by atoms with Gasteiger partial charge < -0.3 is 14.2 Å². The molecule has 4 saturated carbocycles. The van der Waals surface area contributed by atoms with Crippen LogP contribution in [-0.2, 0) is 28.6 Å². The Bertz CT molecular complexity index is 804. The lowest BCUT2D eigenvalue weighted by Gasteiger charge is -2.62. The molecule has 6 nitrogen and oxygen atoms in total. The normalized spacial score (nSPS) is 43.3. The van der Waals surface area contributed by atoms with Gasteiger partial charge in [0.05, 0.1) is 0 Å². The number of rotatable bonds is 7. The molecule has 0 radical (unpaired) electrons. The highest BCUT2D eigenvalue weighted by Gasteiger charge is 2.65. The summed E-state index contributed by atoms with van der Waals surface area (Å²) in [4.78, 5) is 37.2. The van der Waals surface area contributed by atoms with Crippen molar-refractivity contribution in [3.63, 3.8) is 0 Å². The summed E-state index contributed by atoms with van der Waals surface area (Å²) >= 11 is 11.5. The maximum Gasteiger partial charge on any atom is 0.321 e. The molecule has 192 valence electrons. The first-order chi connectivity index (χ1) is 16.2. The molecule has 0 N–H and O–H groups in total. The van der Waals surface area contributed by atoms with Crippen molar-refractivity contribution < 1.29 is 28.6 Å². The van der Waals surface area contributed by atoms with E-state index in [4.69, 9.17) is 37.4 Å². The third kappa shape index (κ3) is 4.52. The van der Waals surface area contributed by atoms with Gasteiger partial charge in [0.2, 0.25) is 0 Å². The molecule has 0 aliphatic heterocycles. The topological polar surface area (TPSA) is 78.9 Å². The number of Topliss-reactive ketones (excluding diaryl/α,β-unsaturated/α-hetero) is 1. The minimum Gasteiger partial charge on any atom is -0.461 e. The number of ether oxygens (including phenoxy) is 3. The van der Waals surface area contributed by atoms with Gasteiger partial charge in [0.1, 0.15) is 30.6 Å². The Kier molecular flexibility index (Phi) is 7.91. The maximum atomic E-state index is 13.0. The highest BCUT2D eigenvalue weighted by molar-refractivity contribution is 6.26. The van der Waals surface area contributed by atoms with Gasteiger partial charge in [-0.15, -0.1) is 23.2 Å². The Morgan fingerprint density at radius 3 is 2.29 bits per heavy atom. The van der Waals surface area contributed by atoms with Crippen molar-refractivity contribution in [2.75, 3.05) is 25.5 Å². The van der Waals surface area contributed by atoms with Crippen LogP contribution in [0.15, 0.2) is 0 Å². The van der Waals surface area contributed by atoms with E-state index in [-0.39, 0.29) is 71.0 Å². The average molecular weight is 517 g/mol. The van der Waals surface area contributed by atoms with Crippen molar-refractivity contribution >= 4 is 40.9 Å². The van der Waals surface area contributed by atoms with Crippen LogP contribution in [0.3, 0.4) is 0 Å². The minimum absolute atomic E-state index is 0.0139. The van der Waals surface area contributed by atoms with Gasteiger partial charge in [-0.05, 0) is 80.0 Å². The largest absolute Gasteiger partial charge is 0.461 e. The molecule has 34 heavy (non-hydrogen) atoms. The molecule has 0 spiro atoms. The second kappa shape index (κ2) is 10.3. The number of fused-ring (bicyclic) bond motifs is 5. The van der Waals surface area contributed by atoms with Crippen LogP contribution in [0.1, 0.15) is 65.2 Å². The zero-order chi connectivity index (χ0) is 24.7. The van der Waals surface area contributed by atoms with Crippen molar-refractivity contribution in [2.45, 2.75) is 77.4 Å². The van der Waals surface area contributed by atoms with Gasteiger partial charge in [-0.3, -0.25) is 14.4 Å². The number of carbonyl (C=O) groups is 3. The first kappa shape index (κ1) is 26.2. The van der Waals surface area contributed by atoms with Gasteiger partial charge in [-0.25, -0.2) is 0 Å². The monoisotopic (exact) mass is 516 g/mol. The maximum absolute atomic E-state index is 13.0. The third-order valence-electron chi connectivity index (χ3n) is 10.00. The molecule has 4 aliphatic carbocycles. The van der Waals surface area contributed by atoms with Gasteiger partial charge in [0.25, 0.3) is 0 Å². The lowest BCUT2D eigenvalue weighted by Crippen LogP contribution is -2.60. The number of alkyl halides is 2. The second-order valence-electron chi connectivity index (χ2n) is 11.5. The van der Waals surface area contributed by atoms with E-state index in [1.165, 1.54) is 0 Å². The van der Waals surface area contributed by atoms with Gasteiger partial charge in [-0.2, -0.15) is 0 Å². The summed E-state index contributed by atoms with van der Waals surface area (Å²) in [5, 5.41) is 0. The van der Waals surface area contributed by atoms with Crippen LogP contribution >= 0.6 is 23.2 Å². The Morgan fingerprint density at radius 1 is 0.912 bits per heavy atom. The number of methoxy groups -OCH3 is 1. The van der Waals surface area contributed by atoms with E-state index < -0.39 is 0 Å². The Morgan fingerprint density at radius 2 is 1.62 bits per heavy atom. The molecule has 0 aromatic carbocycles. The van der Waals surface area contributed by atoms with Crippen LogP contribution in [0.2, 0.25) is 0 Å². The highest BCUT2D eigenvalue weighted by atomic mass is 35.5. The molecular weight excluding hydrogens is 479 g/mol. The first-order valence-electron chi connectivity index (χ1n) is 12.7. The van der Waals surface area contributed by atoms with Crippen molar-refractivity contribution in [3.8, 4) is 0 Å². The summed E-state index contributed by atoms with van der Waals surface area (Å²) in [6.45, 7) is 4.72. The number of halogens is 2. The molecular formula is C26H38Cl2O6. The second-order valence-corrected chi connectivity index (χ2v) is 12.0. The van der Waals surface area contributed by atoms with Crippen LogP contribution in [0, 0.1) is 40.4 Å². The van der Waals surface area contributed by atoms with E-state index in [1.54, 1.807) is 7.11 Å². The Hall–Kier alpha value is -0.850. The molecule has 0 saturated heterocycles. The molecule has 4 fully saturated rings. The standard InChI is InChI=1S/C26H38Cl2O6/c1-25-9-8-16(33-22(30)12-27)10-15(25)4-5-17-18-6-7-19(20(29)14-32-3)26(18,2)11-21(24(17)25)34-23(31)13-28/h15-19,21,24H,4-14H2,1-3H3/t15-,16+,17-,18-,19+,21-,24+,25-,26-/m0/s1.